The molecule has 0 aromatic heterocycles. The minimum atomic E-state index is -1.05. The highest BCUT2D eigenvalue weighted by atomic mass is 32.2. The number of aromatic carboxylic acids is 1. The first kappa shape index (κ1) is 15.3. The van der Waals surface area contributed by atoms with Crippen molar-refractivity contribution in [3.63, 3.8) is 0 Å². The van der Waals surface area contributed by atoms with Gasteiger partial charge >= 0.3 is 5.97 Å². The number of carboxylic acids is 1. The second kappa shape index (κ2) is 5.04. The molecule has 1 N–H and O–H groups in total. The molecule has 20 heavy (non-hydrogen) atoms. The van der Waals surface area contributed by atoms with Crippen LogP contribution in [0.4, 0.5) is 4.39 Å². The number of carbonyl (C=O) groups is 1. The van der Waals surface area contributed by atoms with Gasteiger partial charge in [0.05, 0.1) is 16.8 Å². The summed E-state index contributed by atoms with van der Waals surface area (Å²) in [6, 6.07) is 3.88. The maximum Gasteiger partial charge on any atom is 0.335 e. The van der Waals surface area contributed by atoms with E-state index in [-0.39, 0.29) is 27.8 Å². The fourth-order valence-corrected chi connectivity index (χ4v) is 4.07. The lowest BCUT2D eigenvalue weighted by Gasteiger charge is -2.27. The fraction of sp³-hybridized carbons (Fsp3) is 0.533. The molecule has 1 aromatic carbocycles. The summed E-state index contributed by atoms with van der Waals surface area (Å²) in [6.45, 7) is 8.00. The lowest BCUT2D eigenvalue weighted by molar-refractivity contribution is -0.0631. The van der Waals surface area contributed by atoms with Crippen LogP contribution in [0.1, 0.15) is 44.5 Å². The topological polar surface area (TPSA) is 46.5 Å². The molecule has 1 heterocycles. The van der Waals surface area contributed by atoms with Crippen molar-refractivity contribution < 1.29 is 19.0 Å². The molecule has 5 heteroatoms. The standard InChI is InChI=1S/C15H19FO3S/c1-14(2)8-12(15(3,4)19-14)20-11-7-9(13(17)18)5-6-10(11)16/h5-7,12H,8H2,1-4H3,(H,17,18). The third kappa shape index (κ3) is 3.15. The zero-order valence-corrected chi connectivity index (χ0v) is 12.9. The predicted molar refractivity (Wildman–Crippen MR) is 76.9 cm³/mol. The largest absolute Gasteiger partial charge is 0.478 e. The van der Waals surface area contributed by atoms with Gasteiger partial charge in [0.15, 0.2) is 0 Å². The van der Waals surface area contributed by atoms with Crippen LogP contribution < -0.4 is 0 Å². The van der Waals surface area contributed by atoms with Gasteiger partial charge in [-0.1, -0.05) is 0 Å². The molecule has 0 bridgehead atoms. The van der Waals surface area contributed by atoms with Crippen LogP contribution in [0.3, 0.4) is 0 Å². The van der Waals surface area contributed by atoms with Crippen molar-refractivity contribution in [1.82, 2.24) is 0 Å². The molecular weight excluding hydrogens is 279 g/mol. The Balaban J connectivity index is 2.26. The third-order valence-electron chi connectivity index (χ3n) is 3.44. The molecule has 0 amide bonds. The average Bonchev–Trinajstić information content (AvgIpc) is 2.49. The first-order chi connectivity index (χ1) is 9.11. The molecule has 1 saturated heterocycles. The van der Waals surface area contributed by atoms with E-state index >= 15 is 0 Å². The Kier molecular flexibility index (Phi) is 3.86. The molecule has 0 saturated carbocycles. The van der Waals surface area contributed by atoms with E-state index in [1.165, 1.54) is 30.0 Å². The highest BCUT2D eigenvalue weighted by Crippen LogP contribution is 2.46. The van der Waals surface area contributed by atoms with Gasteiger partial charge in [-0.25, -0.2) is 9.18 Å². The van der Waals surface area contributed by atoms with E-state index in [1.807, 2.05) is 27.7 Å². The zero-order valence-electron chi connectivity index (χ0n) is 12.1. The molecule has 110 valence electrons. The van der Waals surface area contributed by atoms with Crippen LogP contribution in [-0.2, 0) is 4.74 Å². The lowest BCUT2D eigenvalue weighted by atomic mass is 10.0. The lowest BCUT2D eigenvalue weighted by Crippen LogP contribution is -2.31. The molecular formula is C15H19FO3S. The average molecular weight is 298 g/mol. The number of hydrogen-bond acceptors (Lipinski definition) is 3. The molecule has 2 rings (SSSR count). The Morgan fingerprint density at radius 1 is 1.40 bits per heavy atom. The first-order valence-corrected chi connectivity index (χ1v) is 7.38. The van der Waals surface area contributed by atoms with Gasteiger partial charge in [0, 0.05) is 10.1 Å². The highest BCUT2D eigenvalue weighted by molar-refractivity contribution is 8.00. The number of ether oxygens (including phenoxy) is 1. The molecule has 0 aliphatic carbocycles. The van der Waals surface area contributed by atoms with Gasteiger partial charge in [-0.3, -0.25) is 0 Å². The Bertz CT molecular complexity index is 540. The predicted octanol–water partition coefficient (Wildman–Crippen LogP) is 3.96. The Labute approximate surface area is 122 Å². The van der Waals surface area contributed by atoms with Crippen LogP contribution in [0.25, 0.3) is 0 Å². The minimum absolute atomic E-state index is 0.0797. The van der Waals surface area contributed by atoms with Crippen LogP contribution in [0.5, 0.6) is 0 Å². The van der Waals surface area contributed by atoms with Crippen LogP contribution in [0.15, 0.2) is 23.1 Å². The maximum atomic E-state index is 13.9. The van der Waals surface area contributed by atoms with Crippen LogP contribution >= 0.6 is 11.8 Å². The van der Waals surface area contributed by atoms with E-state index in [9.17, 15) is 9.18 Å². The molecule has 1 aliphatic rings. The van der Waals surface area contributed by atoms with Crippen LogP contribution in [-0.4, -0.2) is 27.5 Å². The summed E-state index contributed by atoms with van der Waals surface area (Å²) in [5, 5.41) is 9.07. The minimum Gasteiger partial charge on any atom is -0.478 e. The van der Waals surface area contributed by atoms with Crippen molar-refractivity contribution in [2.75, 3.05) is 0 Å². The summed E-state index contributed by atoms with van der Waals surface area (Å²) >= 11 is 1.36. The number of benzene rings is 1. The number of rotatable bonds is 3. The summed E-state index contributed by atoms with van der Waals surface area (Å²) in [5.74, 6) is -1.44. The number of thioether (sulfide) groups is 1. The van der Waals surface area contributed by atoms with Crippen molar-refractivity contribution in [2.45, 2.75) is 55.5 Å². The van der Waals surface area contributed by atoms with Crippen molar-refractivity contribution in [3.05, 3.63) is 29.6 Å². The van der Waals surface area contributed by atoms with Gasteiger partial charge in [-0.05, 0) is 52.3 Å². The molecule has 1 atom stereocenters. The maximum absolute atomic E-state index is 13.9. The van der Waals surface area contributed by atoms with E-state index in [2.05, 4.69) is 0 Å². The molecule has 1 fully saturated rings. The van der Waals surface area contributed by atoms with Crippen molar-refractivity contribution in [2.24, 2.45) is 0 Å². The van der Waals surface area contributed by atoms with E-state index in [1.54, 1.807) is 0 Å². The Morgan fingerprint density at radius 3 is 2.55 bits per heavy atom. The second-order valence-corrected chi connectivity index (χ2v) is 7.47. The first-order valence-electron chi connectivity index (χ1n) is 6.50. The quantitative estimate of drug-likeness (QED) is 0.917. The fourth-order valence-electron chi connectivity index (χ4n) is 2.58. The molecule has 1 aromatic rings. The molecule has 0 spiro atoms. The van der Waals surface area contributed by atoms with E-state index in [4.69, 9.17) is 9.84 Å². The summed E-state index contributed by atoms with van der Waals surface area (Å²) in [4.78, 5) is 11.3. The normalized spacial score (nSPS) is 23.8. The van der Waals surface area contributed by atoms with Gasteiger partial charge in [0.25, 0.3) is 0 Å². The summed E-state index contributed by atoms with van der Waals surface area (Å²) in [7, 11) is 0. The summed E-state index contributed by atoms with van der Waals surface area (Å²) in [6.07, 6.45) is 0.793. The smallest absolute Gasteiger partial charge is 0.335 e. The van der Waals surface area contributed by atoms with Gasteiger partial charge in [-0.2, -0.15) is 0 Å². The SMILES string of the molecule is CC1(C)CC(Sc2cc(C(=O)O)ccc2F)C(C)(C)O1. The Morgan fingerprint density at radius 2 is 2.05 bits per heavy atom. The second-order valence-electron chi connectivity index (χ2n) is 6.23. The van der Waals surface area contributed by atoms with E-state index in [0.717, 1.165) is 6.42 Å². The van der Waals surface area contributed by atoms with Gasteiger partial charge in [0.1, 0.15) is 5.82 Å². The van der Waals surface area contributed by atoms with Gasteiger partial charge < -0.3 is 9.84 Å². The molecule has 0 radical (unpaired) electrons. The highest BCUT2D eigenvalue weighted by Gasteiger charge is 2.46. The zero-order chi connectivity index (χ0) is 15.1. The van der Waals surface area contributed by atoms with Crippen molar-refractivity contribution in [1.29, 1.82) is 0 Å². The number of carboxylic acid groups (broad SMARTS) is 1. The monoisotopic (exact) mass is 298 g/mol. The van der Waals surface area contributed by atoms with Crippen molar-refractivity contribution >= 4 is 17.7 Å². The molecule has 1 aliphatic heterocycles. The van der Waals surface area contributed by atoms with Gasteiger partial charge in [0.2, 0.25) is 0 Å². The van der Waals surface area contributed by atoms with E-state index < -0.39 is 5.97 Å². The Hall–Kier alpha value is -1.07. The number of hydrogen-bond donors (Lipinski definition) is 1. The number of halogens is 1. The molecule has 1 unspecified atom stereocenters. The molecule has 3 nitrogen and oxygen atoms in total. The van der Waals surface area contributed by atoms with Gasteiger partial charge in [-0.15, -0.1) is 11.8 Å². The van der Waals surface area contributed by atoms with Crippen LogP contribution in [0, 0.1) is 5.82 Å². The van der Waals surface area contributed by atoms with Crippen LogP contribution in [0.2, 0.25) is 0 Å². The van der Waals surface area contributed by atoms with E-state index in [0.29, 0.717) is 4.90 Å². The summed E-state index contributed by atoms with van der Waals surface area (Å²) in [5.41, 5.74) is -0.521. The van der Waals surface area contributed by atoms with Crippen molar-refractivity contribution in [3.8, 4) is 0 Å². The third-order valence-corrected chi connectivity index (χ3v) is 5.02. The summed E-state index contributed by atoms with van der Waals surface area (Å²) < 4.78 is 19.9.